The average Bonchev–Trinajstić information content (AvgIpc) is 3.40. The third-order valence-corrected chi connectivity index (χ3v) is 7.09. The first-order valence-corrected chi connectivity index (χ1v) is 15.2. The summed E-state index contributed by atoms with van der Waals surface area (Å²) in [5.41, 5.74) is 6.47. The third-order valence-electron chi connectivity index (χ3n) is 7.09. The minimum atomic E-state index is 0. The van der Waals surface area contributed by atoms with Gasteiger partial charge in [-0.3, -0.25) is 6.08 Å². The van der Waals surface area contributed by atoms with E-state index in [1.807, 2.05) is 0 Å². The van der Waals surface area contributed by atoms with Crippen LogP contribution >= 0.6 is 0 Å². The number of benzene rings is 2. The summed E-state index contributed by atoms with van der Waals surface area (Å²) >= 11 is 1.30. The molecular formula is C35H48Cl2Zr-2. The summed E-state index contributed by atoms with van der Waals surface area (Å²) in [5, 5.41) is 5.48. The predicted molar refractivity (Wildman–Crippen MR) is 160 cm³/mol. The Morgan fingerprint density at radius 2 is 1.16 bits per heavy atom. The molecule has 0 saturated heterocycles. The fourth-order valence-electron chi connectivity index (χ4n) is 4.82. The van der Waals surface area contributed by atoms with Crippen LogP contribution in [0.3, 0.4) is 0 Å². The Labute approximate surface area is 261 Å². The maximum atomic E-state index is 3.57. The Bertz CT molecular complexity index is 1170. The number of hydrogen-bond acceptors (Lipinski definition) is 0. The smallest absolute Gasteiger partial charge is 1.00 e. The first kappa shape index (κ1) is 37.1. The summed E-state index contributed by atoms with van der Waals surface area (Å²) < 4.78 is 3.34. The first-order valence-electron chi connectivity index (χ1n) is 13.5. The number of allylic oxidation sites excluding steroid dienone is 4. The van der Waals surface area contributed by atoms with Gasteiger partial charge in [0.15, 0.2) is 0 Å². The van der Waals surface area contributed by atoms with E-state index in [1.54, 1.807) is 0 Å². The van der Waals surface area contributed by atoms with Crippen LogP contribution in [0.25, 0.3) is 21.5 Å². The molecule has 1 aliphatic rings. The van der Waals surface area contributed by atoms with E-state index in [2.05, 4.69) is 135 Å². The van der Waals surface area contributed by atoms with Crippen molar-refractivity contribution in [2.45, 2.75) is 99.8 Å². The van der Waals surface area contributed by atoms with Crippen LogP contribution in [0.4, 0.5) is 0 Å². The van der Waals surface area contributed by atoms with Crippen molar-refractivity contribution in [1.29, 1.82) is 0 Å². The van der Waals surface area contributed by atoms with Gasteiger partial charge in [-0.25, -0.2) is 5.57 Å². The molecule has 0 amide bonds. The molecule has 0 aliphatic heterocycles. The third kappa shape index (κ3) is 9.08. The van der Waals surface area contributed by atoms with Crippen LogP contribution in [0.2, 0.25) is 0 Å². The van der Waals surface area contributed by atoms with E-state index in [0.717, 1.165) is 6.42 Å². The summed E-state index contributed by atoms with van der Waals surface area (Å²) in [6.07, 6.45) is 8.28. The summed E-state index contributed by atoms with van der Waals surface area (Å²) in [5.74, 6) is 0.573. The molecule has 3 heteroatoms. The first-order chi connectivity index (χ1) is 16.6. The van der Waals surface area contributed by atoms with Gasteiger partial charge in [-0.2, -0.15) is 11.6 Å². The second-order valence-corrected chi connectivity index (χ2v) is 13.1. The topological polar surface area (TPSA) is 0 Å². The second-order valence-electron chi connectivity index (χ2n) is 13.1. The van der Waals surface area contributed by atoms with Crippen LogP contribution < -0.4 is 24.8 Å². The average molecular weight is 631 g/mol. The van der Waals surface area contributed by atoms with E-state index in [0.29, 0.717) is 11.3 Å². The summed E-state index contributed by atoms with van der Waals surface area (Å²) in [7, 11) is 0. The second kappa shape index (κ2) is 14.7. The van der Waals surface area contributed by atoms with Crippen LogP contribution in [-0.4, -0.2) is 4.21 Å². The van der Waals surface area contributed by atoms with E-state index < -0.39 is 0 Å². The van der Waals surface area contributed by atoms with E-state index in [-0.39, 0.29) is 35.6 Å². The van der Waals surface area contributed by atoms with Crippen molar-refractivity contribution in [3.05, 3.63) is 76.9 Å². The Kier molecular flexibility index (Phi) is 14.3. The SMILES string of the molecule is CC(C)(C)c1ccc2c(c1)[cH-]c1cc(C(C)(C)C)ccc12.CCC1=[C-]C(CC)C=C1C(C)(C)C.[CH2]=[Zr+2].[Cl-].[Cl-]. The zero-order chi connectivity index (χ0) is 27.5. The van der Waals surface area contributed by atoms with Gasteiger partial charge in [0.1, 0.15) is 0 Å². The number of hydrogen-bond donors (Lipinski definition) is 0. The van der Waals surface area contributed by atoms with Crippen LogP contribution in [-0.2, 0) is 35.1 Å². The molecule has 208 valence electrons. The minimum Gasteiger partial charge on any atom is -1.00 e. The molecule has 0 N–H and O–H groups in total. The largest absolute Gasteiger partial charge is 1.00 e. The minimum absolute atomic E-state index is 0. The fraction of sp³-hybridized carbons (Fsp3) is 0.486. The standard InChI is InChI=1S/C21H25.C13H21.CH2.2ClH.Zr/c1-20(2,3)16-7-9-18-14(12-16)11-15-13-17(21(4,5)6)8-10-19(15)18;1-6-10-8-11(7-2)12(9-10)13(3,4)5;;;;/h7-13H,1-6H3;9-10H,6-7H2,1-5H3;1H2;2*1H;/q2*-1;;;;+2/p-2. The van der Waals surface area contributed by atoms with Gasteiger partial charge in [0.2, 0.25) is 0 Å². The van der Waals surface area contributed by atoms with Gasteiger partial charge in [-0.1, -0.05) is 136 Å². The van der Waals surface area contributed by atoms with Crippen LogP contribution in [0.15, 0.2) is 59.7 Å². The molecule has 0 nitrogen and oxygen atoms in total. The number of halogens is 2. The Morgan fingerprint density at radius 1 is 0.737 bits per heavy atom. The zero-order valence-electron chi connectivity index (χ0n) is 25.6. The van der Waals surface area contributed by atoms with Gasteiger partial charge >= 0.3 is 28.4 Å². The molecule has 1 aliphatic carbocycles. The van der Waals surface area contributed by atoms with Crippen molar-refractivity contribution in [1.82, 2.24) is 0 Å². The van der Waals surface area contributed by atoms with Crippen LogP contribution in [0, 0.1) is 17.4 Å². The summed E-state index contributed by atoms with van der Waals surface area (Å²) in [4.78, 5) is 0. The molecule has 3 aromatic carbocycles. The molecule has 1 atom stereocenters. The van der Waals surface area contributed by atoms with Crippen molar-refractivity contribution >= 4 is 25.8 Å². The quantitative estimate of drug-likeness (QED) is 0.368. The normalized spacial score (nSPS) is 15.3. The van der Waals surface area contributed by atoms with E-state index in [4.69, 9.17) is 0 Å². The van der Waals surface area contributed by atoms with Crippen LogP contribution in [0.1, 0.15) is 100 Å². The summed E-state index contributed by atoms with van der Waals surface area (Å²) in [6, 6.07) is 16.2. The molecule has 3 aromatic rings. The zero-order valence-corrected chi connectivity index (χ0v) is 29.5. The van der Waals surface area contributed by atoms with E-state index in [9.17, 15) is 0 Å². The molecule has 38 heavy (non-hydrogen) atoms. The molecule has 0 heterocycles. The summed E-state index contributed by atoms with van der Waals surface area (Å²) in [6.45, 7) is 24.9. The Hall–Kier alpha value is -0.877. The fourth-order valence-corrected chi connectivity index (χ4v) is 4.82. The van der Waals surface area contributed by atoms with E-state index >= 15 is 0 Å². The predicted octanol–water partition coefficient (Wildman–Crippen LogP) is 4.42. The van der Waals surface area contributed by atoms with Crippen molar-refractivity contribution < 1.29 is 49.0 Å². The van der Waals surface area contributed by atoms with Gasteiger partial charge in [-0.15, -0.1) is 39.7 Å². The molecule has 0 saturated carbocycles. The van der Waals surface area contributed by atoms with Gasteiger partial charge in [0.25, 0.3) is 0 Å². The van der Waals surface area contributed by atoms with Crippen molar-refractivity contribution in [3.8, 4) is 0 Å². The molecule has 0 fully saturated rings. The van der Waals surface area contributed by atoms with Crippen molar-refractivity contribution in [2.75, 3.05) is 0 Å². The molecule has 4 rings (SSSR count). The Balaban J connectivity index is 0.000000703. The molecule has 0 radical (unpaired) electrons. The monoisotopic (exact) mass is 628 g/mol. The Morgan fingerprint density at radius 3 is 1.45 bits per heavy atom. The van der Waals surface area contributed by atoms with Gasteiger partial charge < -0.3 is 24.8 Å². The molecular weight excluding hydrogens is 583 g/mol. The maximum absolute atomic E-state index is 3.57. The van der Waals surface area contributed by atoms with Crippen LogP contribution in [0.5, 0.6) is 0 Å². The molecule has 1 unspecified atom stereocenters. The van der Waals surface area contributed by atoms with Gasteiger partial charge in [-0.05, 0) is 10.8 Å². The molecule has 0 spiro atoms. The number of fused-ring (bicyclic) bond motifs is 3. The van der Waals surface area contributed by atoms with Gasteiger partial charge in [0, 0.05) is 0 Å². The molecule has 0 aromatic heterocycles. The van der Waals surface area contributed by atoms with Crippen molar-refractivity contribution in [2.24, 2.45) is 11.3 Å². The molecule has 0 bridgehead atoms. The maximum Gasteiger partial charge on any atom is -1.00 e. The van der Waals surface area contributed by atoms with E-state index in [1.165, 1.54) is 74.5 Å². The number of rotatable bonds is 2. The van der Waals surface area contributed by atoms with Crippen molar-refractivity contribution in [3.63, 3.8) is 0 Å². The van der Waals surface area contributed by atoms with Gasteiger partial charge in [0.05, 0.1) is 0 Å².